The third-order valence-electron chi connectivity index (χ3n) is 3.94. The summed E-state index contributed by atoms with van der Waals surface area (Å²) in [6.07, 6.45) is 1.13. The number of aliphatic imine (C=N–C) groups is 1. The quantitative estimate of drug-likeness (QED) is 0.882. The number of guanidine groups is 1. The van der Waals surface area contributed by atoms with Crippen molar-refractivity contribution in [1.82, 2.24) is 15.5 Å². The molecule has 21 heavy (non-hydrogen) atoms. The molecule has 2 N–H and O–H groups in total. The molecule has 6 heteroatoms. The van der Waals surface area contributed by atoms with Gasteiger partial charge >= 0.3 is 0 Å². The molecule has 1 aromatic rings. The van der Waals surface area contributed by atoms with E-state index in [2.05, 4.69) is 39.6 Å². The van der Waals surface area contributed by atoms with Crippen LogP contribution in [0.4, 0.5) is 0 Å². The van der Waals surface area contributed by atoms with Crippen molar-refractivity contribution < 1.29 is 4.74 Å². The second-order valence-corrected chi connectivity index (χ2v) is 6.82. The maximum atomic E-state index is 5.49. The zero-order valence-corrected chi connectivity index (χ0v) is 13.4. The van der Waals surface area contributed by atoms with Crippen molar-refractivity contribution in [3.63, 3.8) is 0 Å². The summed E-state index contributed by atoms with van der Waals surface area (Å²) in [7, 11) is 0. The molecule has 2 aliphatic rings. The SMILES string of the molecule is Cc1ccc(C(CNC2=NCCCN2)N2CCOCC2)s1. The highest BCUT2D eigenvalue weighted by Gasteiger charge is 2.24. The van der Waals surface area contributed by atoms with Crippen LogP contribution in [-0.2, 0) is 4.74 Å². The van der Waals surface area contributed by atoms with E-state index < -0.39 is 0 Å². The third kappa shape index (κ3) is 3.96. The Morgan fingerprint density at radius 3 is 2.95 bits per heavy atom. The van der Waals surface area contributed by atoms with Gasteiger partial charge < -0.3 is 15.4 Å². The first-order valence-electron chi connectivity index (χ1n) is 7.73. The van der Waals surface area contributed by atoms with Crippen molar-refractivity contribution in [3.05, 3.63) is 21.9 Å². The molecule has 0 aromatic carbocycles. The molecule has 0 bridgehead atoms. The molecule has 0 saturated carbocycles. The van der Waals surface area contributed by atoms with Gasteiger partial charge in [0.15, 0.2) is 5.96 Å². The van der Waals surface area contributed by atoms with E-state index in [0.717, 1.165) is 58.3 Å². The number of nitrogens with zero attached hydrogens (tertiary/aromatic N) is 2. The Labute approximate surface area is 130 Å². The van der Waals surface area contributed by atoms with E-state index in [0.29, 0.717) is 6.04 Å². The third-order valence-corrected chi connectivity index (χ3v) is 5.04. The molecular weight excluding hydrogens is 284 g/mol. The molecule has 116 valence electrons. The van der Waals surface area contributed by atoms with E-state index in [1.807, 2.05) is 11.3 Å². The molecule has 1 atom stereocenters. The van der Waals surface area contributed by atoms with Gasteiger partial charge in [0.2, 0.25) is 0 Å². The first kappa shape index (κ1) is 14.8. The average Bonchev–Trinajstić information content (AvgIpc) is 2.96. The molecule has 1 fully saturated rings. The number of hydrogen-bond donors (Lipinski definition) is 2. The fourth-order valence-corrected chi connectivity index (χ4v) is 3.79. The van der Waals surface area contributed by atoms with Gasteiger partial charge in [-0.2, -0.15) is 0 Å². The fourth-order valence-electron chi connectivity index (χ4n) is 2.78. The molecule has 3 rings (SSSR count). The molecule has 0 amide bonds. The van der Waals surface area contributed by atoms with Gasteiger partial charge in [-0.05, 0) is 25.5 Å². The number of hydrogen-bond acceptors (Lipinski definition) is 6. The second-order valence-electron chi connectivity index (χ2n) is 5.50. The Balaban J connectivity index is 1.67. The van der Waals surface area contributed by atoms with Crippen molar-refractivity contribution in [2.75, 3.05) is 45.9 Å². The number of ether oxygens (including phenoxy) is 1. The van der Waals surface area contributed by atoms with Gasteiger partial charge in [0.25, 0.3) is 0 Å². The summed E-state index contributed by atoms with van der Waals surface area (Å²) in [5.41, 5.74) is 0. The lowest BCUT2D eigenvalue weighted by Crippen LogP contribution is -2.47. The highest BCUT2D eigenvalue weighted by Crippen LogP contribution is 2.27. The molecule has 1 aromatic heterocycles. The summed E-state index contributed by atoms with van der Waals surface area (Å²) in [4.78, 5) is 9.82. The Kier molecular flexibility index (Phi) is 5.11. The Morgan fingerprint density at radius 2 is 2.29 bits per heavy atom. The van der Waals surface area contributed by atoms with Crippen LogP contribution in [0.25, 0.3) is 0 Å². The van der Waals surface area contributed by atoms with Crippen LogP contribution in [-0.4, -0.2) is 56.8 Å². The molecule has 2 aliphatic heterocycles. The summed E-state index contributed by atoms with van der Waals surface area (Å²) in [6, 6.07) is 4.88. The highest BCUT2D eigenvalue weighted by molar-refractivity contribution is 7.12. The van der Waals surface area contributed by atoms with Gasteiger partial charge in [-0.3, -0.25) is 9.89 Å². The molecule has 3 heterocycles. The van der Waals surface area contributed by atoms with E-state index >= 15 is 0 Å². The zero-order valence-electron chi connectivity index (χ0n) is 12.6. The van der Waals surface area contributed by atoms with Crippen molar-refractivity contribution >= 4 is 17.3 Å². The van der Waals surface area contributed by atoms with E-state index in [-0.39, 0.29) is 0 Å². The lowest BCUT2D eigenvalue weighted by Gasteiger charge is -2.34. The van der Waals surface area contributed by atoms with Crippen LogP contribution in [0.3, 0.4) is 0 Å². The summed E-state index contributed by atoms with van der Waals surface area (Å²) < 4.78 is 5.49. The van der Waals surface area contributed by atoms with Gasteiger partial charge in [-0.25, -0.2) is 0 Å². The molecule has 5 nitrogen and oxygen atoms in total. The Bertz CT molecular complexity index is 482. The topological polar surface area (TPSA) is 48.9 Å². The number of aryl methyl sites for hydroxylation is 1. The number of nitrogens with one attached hydrogen (secondary N) is 2. The maximum Gasteiger partial charge on any atom is 0.191 e. The van der Waals surface area contributed by atoms with Crippen molar-refractivity contribution in [1.29, 1.82) is 0 Å². The smallest absolute Gasteiger partial charge is 0.191 e. The summed E-state index contributed by atoms with van der Waals surface area (Å²) >= 11 is 1.89. The molecule has 0 aliphatic carbocycles. The minimum absolute atomic E-state index is 0.402. The van der Waals surface area contributed by atoms with E-state index in [1.54, 1.807) is 0 Å². The van der Waals surface area contributed by atoms with E-state index in [9.17, 15) is 0 Å². The molecular formula is C15H24N4OS. The monoisotopic (exact) mass is 308 g/mol. The number of morpholine rings is 1. The van der Waals surface area contributed by atoms with Gasteiger partial charge in [0.1, 0.15) is 0 Å². The number of rotatable bonds is 4. The van der Waals surface area contributed by atoms with Crippen LogP contribution >= 0.6 is 11.3 Å². The average molecular weight is 308 g/mol. The van der Waals surface area contributed by atoms with Crippen LogP contribution in [0.1, 0.15) is 22.2 Å². The van der Waals surface area contributed by atoms with Gasteiger partial charge in [-0.15, -0.1) is 11.3 Å². The molecule has 0 spiro atoms. The van der Waals surface area contributed by atoms with Crippen LogP contribution in [0.2, 0.25) is 0 Å². The highest BCUT2D eigenvalue weighted by atomic mass is 32.1. The van der Waals surface area contributed by atoms with Crippen molar-refractivity contribution in [3.8, 4) is 0 Å². The first-order chi connectivity index (χ1) is 10.3. The lowest BCUT2D eigenvalue weighted by atomic mass is 10.2. The van der Waals surface area contributed by atoms with Gasteiger partial charge in [0.05, 0.1) is 19.3 Å². The summed E-state index contributed by atoms with van der Waals surface area (Å²) in [6.45, 7) is 8.69. The zero-order chi connectivity index (χ0) is 14.5. The van der Waals surface area contributed by atoms with Crippen LogP contribution < -0.4 is 10.6 Å². The van der Waals surface area contributed by atoms with Gasteiger partial charge in [0, 0.05) is 42.5 Å². The van der Waals surface area contributed by atoms with E-state index in [4.69, 9.17) is 4.74 Å². The second kappa shape index (κ2) is 7.24. The van der Waals surface area contributed by atoms with Crippen LogP contribution in [0.15, 0.2) is 17.1 Å². The summed E-state index contributed by atoms with van der Waals surface area (Å²) in [5.74, 6) is 0.952. The van der Waals surface area contributed by atoms with Crippen LogP contribution in [0.5, 0.6) is 0 Å². The minimum atomic E-state index is 0.402. The lowest BCUT2D eigenvalue weighted by molar-refractivity contribution is 0.0177. The predicted molar refractivity (Wildman–Crippen MR) is 87.1 cm³/mol. The first-order valence-corrected chi connectivity index (χ1v) is 8.55. The molecule has 1 unspecified atom stereocenters. The summed E-state index contributed by atoms with van der Waals surface area (Å²) in [5, 5.41) is 6.82. The normalized spacial score (nSPS) is 21.5. The van der Waals surface area contributed by atoms with Crippen molar-refractivity contribution in [2.24, 2.45) is 4.99 Å². The molecule has 0 radical (unpaired) electrons. The predicted octanol–water partition coefficient (Wildman–Crippen LogP) is 1.37. The van der Waals surface area contributed by atoms with Crippen molar-refractivity contribution in [2.45, 2.75) is 19.4 Å². The van der Waals surface area contributed by atoms with Crippen LogP contribution in [0, 0.1) is 6.92 Å². The Hall–Kier alpha value is -1.11. The standard InChI is InChI=1S/C15H24N4OS/c1-12-3-4-14(21-12)13(19-7-9-20-10-8-19)11-18-15-16-5-2-6-17-15/h3-4,13H,2,5-11H2,1H3,(H2,16,17,18). The van der Waals surface area contributed by atoms with Gasteiger partial charge in [-0.1, -0.05) is 0 Å². The molecule has 1 saturated heterocycles. The Morgan fingerprint density at radius 1 is 1.43 bits per heavy atom. The fraction of sp³-hybridized carbons (Fsp3) is 0.667. The minimum Gasteiger partial charge on any atom is -0.379 e. The maximum absolute atomic E-state index is 5.49. The number of thiophene rings is 1. The van der Waals surface area contributed by atoms with E-state index in [1.165, 1.54) is 9.75 Å². The largest absolute Gasteiger partial charge is 0.379 e.